The first-order chi connectivity index (χ1) is 38.0. The summed E-state index contributed by atoms with van der Waals surface area (Å²) in [7, 11) is 0. The second kappa shape index (κ2) is 64.6. The van der Waals surface area contributed by atoms with Gasteiger partial charge in [0.05, 0.1) is 6.42 Å². The molecule has 1 atom stereocenters. The summed E-state index contributed by atoms with van der Waals surface area (Å²) in [4.78, 5) is 38.1. The third kappa shape index (κ3) is 62.8. The van der Waals surface area contributed by atoms with Crippen molar-refractivity contribution in [2.75, 3.05) is 13.2 Å². The highest BCUT2D eigenvalue weighted by Gasteiger charge is 2.19. The van der Waals surface area contributed by atoms with Gasteiger partial charge in [-0.2, -0.15) is 0 Å². The minimum Gasteiger partial charge on any atom is -0.462 e. The van der Waals surface area contributed by atoms with Crippen LogP contribution in [0.15, 0.2) is 109 Å². The maximum Gasteiger partial charge on any atom is 0.310 e. The van der Waals surface area contributed by atoms with Crippen LogP contribution >= 0.6 is 0 Å². The number of esters is 3. The Morgan fingerprint density at radius 3 is 0.883 bits per heavy atom. The Kier molecular flexibility index (Phi) is 61.3. The third-order valence-corrected chi connectivity index (χ3v) is 13.8. The molecule has 0 aliphatic rings. The van der Waals surface area contributed by atoms with E-state index in [1.807, 2.05) is 6.08 Å². The SMILES string of the molecule is CC/C=C\C/C=C\C/C=C\C/C=C\C/C=C\CC(=O)OC(COC(=O)CCCCC/C=C\C/C=C\C/C=C\CC)COC(=O)CCCCCCCCCCCCCCCCCCCCC/C=C\CCCCCCCCCC. The Hall–Kier alpha value is -3.93. The lowest BCUT2D eigenvalue weighted by Crippen LogP contribution is -2.30. The van der Waals surface area contributed by atoms with E-state index in [0.29, 0.717) is 19.3 Å². The summed E-state index contributed by atoms with van der Waals surface area (Å²) in [5.41, 5.74) is 0. The smallest absolute Gasteiger partial charge is 0.310 e. The highest BCUT2D eigenvalue weighted by atomic mass is 16.6. The molecule has 6 heteroatoms. The van der Waals surface area contributed by atoms with Crippen LogP contribution in [0.3, 0.4) is 0 Å². The quantitative estimate of drug-likeness (QED) is 0.0261. The van der Waals surface area contributed by atoms with Gasteiger partial charge in [-0.25, -0.2) is 0 Å². The van der Waals surface area contributed by atoms with Crippen molar-refractivity contribution in [3.8, 4) is 0 Å². The van der Waals surface area contributed by atoms with Crippen LogP contribution in [0.2, 0.25) is 0 Å². The van der Waals surface area contributed by atoms with Crippen molar-refractivity contribution in [2.45, 2.75) is 309 Å². The van der Waals surface area contributed by atoms with E-state index in [0.717, 1.165) is 89.9 Å². The average molecular weight is 1070 g/mol. The molecule has 0 radical (unpaired) electrons. The molecule has 0 aromatic heterocycles. The molecule has 0 aliphatic carbocycles. The van der Waals surface area contributed by atoms with E-state index >= 15 is 0 Å². The Balaban J connectivity index is 4.23. The average Bonchev–Trinajstić information content (AvgIpc) is 3.43. The number of ether oxygens (including phenoxy) is 3. The number of hydrogen-bond donors (Lipinski definition) is 0. The molecule has 6 nitrogen and oxygen atoms in total. The second-order valence-corrected chi connectivity index (χ2v) is 21.3. The minimum absolute atomic E-state index is 0.0888. The molecular formula is C71H120O6. The summed E-state index contributed by atoms with van der Waals surface area (Å²) < 4.78 is 16.7. The molecule has 0 aliphatic heterocycles. The van der Waals surface area contributed by atoms with E-state index in [2.05, 4.69) is 118 Å². The maximum atomic E-state index is 12.8. The Labute approximate surface area is 476 Å². The van der Waals surface area contributed by atoms with Gasteiger partial charge < -0.3 is 14.2 Å². The van der Waals surface area contributed by atoms with E-state index in [4.69, 9.17) is 14.2 Å². The van der Waals surface area contributed by atoms with Crippen LogP contribution in [0.1, 0.15) is 303 Å². The van der Waals surface area contributed by atoms with E-state index < -0.39 is 12.1 Å². The lowest BCUT2D eigenvalue weighted by atomic mass is 10.0. The molecular weight excluding hydrogens is 949 g/mol. The van der Waals surface area contributed by atoms with E-state index in [1.165, 1.54) is 167 Å². The van der Waals surface area contributed by atoms with E-state index in [1.54, 1.807) is 6.08 Å². The summed E-state index contributed by atoms with van der Waals surface area (Å²) >= 11 is 0. The number of allylic oxidation sites excluding steroid dienone is 17. The van der Waals surface area contributed by atoms with E-state index in [-0.39, 0.29) is 31.6 Å². The van der Waals surface area contributed by atoms with Gasteiger partial charge in [-0.15, -0.1) is 0 Å². The summed E-state index contributed by atoms with van der Waals surface area (Å²) in [6.45, 7) is 6.32. The molecule has 0 aromatic carbocycles. The lowest BCUT2D eigenvalue weighted by Gasteiger charge is -2.18. The van der Waals surface area contributed by atoms with Gasteiger partial charge in [-0.3, -0.25) is 14.4 Å². The van der Waals surface area contributed by atoms with E-state index in [9.17, 15) is 14.4 Å². The first kappa shape index (κ1) is 73.1. The predicted octanol–water partition coefficient (Wildman–Crippen LogP) is 22.2. The van der Waals surface area contributed by atoms with Crippen LogP contribution in [-0.4, -0.2) is 37.2 Å². The molecule has 0 aromatic rings. The highest BCUT2D eigenvalue weighted by Crippen LogP contribution is 2.17. The topological polar surface area (TPSA) is 78.9 Å². The largest absolute Gasteiger partial charge is 0.462 e. The van der Waals surface area contributed by atoms with Gasteiger partial charge in [-0.05, 0) is 103 Å². The molecule has 440 valence electrons. The maximum absolute atomic E-state index is 12.8. The lowest BCUT2D eigenvalue weighted by molar-refractivity contribution is -0.166. The molecule has 0 saturated carbocycles. The van der Waals surface area contributed by atoms with Gasteiger partial charge in [0.15, 0.2) is 6.10 Å². The molecule has 0 amide bonds. The molecule has 77 heavy (non-hydrogen) atoms. The molecule has 0 fully saturated rings. The van der Waals surface area contributed by atoms with Gasteiger partial charge in [0.2, 0.25) is 0 Å². The standard InChI is InChI=1S/C71H120O6/c1-4-7-10-13-16-19-22-25-27-28-29-30-31-32-33-34-35-36-37-38-39-40-41-42-44-46-49-52-55-58-61-64-70(73)76-67-68(66-75-69(72)63-60-57-54-51-48-45-24-21-18-15-12-9-6-3)77-71(74)65-62-59-56-53-50-47-43-26-23-20-17-14-11-8-5-2/h8-9,11-12,17-18,20-21,26,28-29,43,45,48,50,53,59,62,68H,4-7,10,13-16,19,22-25,27,30-42,44,46-47,49,51-52,54-58,60-61,63-67H2,1-3H3/b11-8-,12-9-,20-17-,21-18-,29-28-,43-26-,48-45-,53-50-,62-59-. The van der Waals surface area contributed by atoms with Crippen molar-refractivity contribution < 1.29 is 28.6 Å². The van der Waals surface area contributed by atoms with Crippen LogP contribution < -0.4 is 0 Å². The molecule has 0 heterocycles. The first-order valence-electron chi connectivity index (χ1n) is 32.4. The molecule has 0 saturated heterocycles. The molecule has 0 rings (SSSR count). The number of carbonyl (C=O) groups excluding carboxylic acids is 3. The van der Waals surface area contributed by atoms with Crippen LogP contribution in [0.4, 0.5) is 0 Å². The molecule has 0 N–H and O–H groups in total. The van der Waals surface area contributed by atoms with Crippen molar-refractivity contribution in [1.82, 2.24) is 0 Å². The van der Waals surface area contributed by atoms with Crippen molar-refractivity contribution >= 4 is 17.9 Å². The zero-order chi connectivity index (χ0) is 55.7. The fourth-order valence-electron chi connectivity index (χ4n) is 9.00. The zero-order valence-electron chi connectivity index (χ0n) is 50.4. The Bertz CT molecular complexity index is 1560. The fourth-order valence-corrected chi connectivity index (χ4v) is 9.00. The summed E-state index contributed by atoms with van der Waals surface area (Å²) in [5.74, 6) is -1.08. The fraction of sp³-hybridized carbons (Fsp3) is 0.704. The number of unbranched alkanes of at least 4 members (excludes halogenated alkanes) is 30. The number of rotatable bonds is 58. The van der Waals surface area contributed by atoms with Gasteiger partial charge in [0, 0.05) is 12.8 Å². The monoisotopic (exact) mass is 1070 g/mol. The van der Waals surface area contributed by atoms with Crippen molar-refractivity contribution in [2.24, 2.45) is 0 Å². The van der Waals surface area contributed by atoms with Crippen LogP contribution in [0.25, 0.3) is 0 Å². The Morgan fingerprint density at radius 2 is 0.545 bits per heavy atom. The molecule has 1 unspecified atom stereocenters. The zero-order valence-corrected chi connectivity index (χ0v) is 50.4. The van der Waals surface area contributed by atoms with Gasteiger partial charge in [0.1, 0.15) is 13.2 Å². The van der Waals surface area contributed by atoms with Crippen molar-refractivity contribution in [3.63, 3.8) is 0 Å². The normalized spacial score (nSPS) is 12.8. The van der Waals surface area contributed by atoms with Gasteiger partial charge in [-0.1, -0.05) is 291 Å². The summed E-state index contributed by atoms with van der Waals surface area (Å²) in [6, 6.07) is 0. The third-order valence-electron chi connectivity index (χ3n) is 13.8. The summed E-state index contributed by atoms with van der Waals surface area (Å²) in [6.07, 6.45) is 88.7. The molecule has 0 bridgehead atoms. The number of hydrogen-bond acceptors (Lipinski definition) is 6. The summed E-state index contributed by atoms with van der Waals surface area (Å²) in [5, 5.41) is 0. The second-order valence-electron chi connectivity index (χ2n) is 21.3. The van der Waals surface area contributed by atoms with Crippen LogP contribution in [-0.2, 0) is 28.6 Å². The predicted molar refractivity (Wildman–Crippen MR) is 334 cm³/mol. The van der Waals surface area contributed by atoms with Crippen LogP contribution in [0.5, 0.6) is 0 Å². The minimum atomic E-state index is -0.846. The van der Waals surface area contributed by atoms with Gasteiger partial charge >= 0.3 is 17.9 Å². The van der Waals surface area contributed by atoms with Crippen LogP contribution in [0, 0.1) is 0 Å². The molecule has 0 spiro atoms. The van der Waals surface area contributed by atoms with Gasteiger partial charge in [0.25, 0.3) is 0 Å². The van der Waals surface area contributed by atoms with Crippen molar-refractivity contribution in [3.05, 3.63) is 109 Å². The van der Waals surface area contributed by atoms with Crippen molar-refractivity contribution in [1.29, 1.82) is 0 Å². The Morgan fingerprint density at radius 1 is 0.286 bits per heavy atom. The first-order valence-corrected chi connectivity index (χ1v) is 32.4. The highest BCUT2D eigenvalue weighted by molar-refractivity contribution is 5.72. The number of carbonyl (C=O) groups is 3.